The topological polar surface area (TPSA) is 79.0 Å². The first kappa shape index (κ1) is 21.9. The van der Waals surface area contributed by atoms with E-state index >= 15 is 0 Å². The Morgan fingerprint density at radius 3 is 2.37 bits per heavy atom. The minimum atomic E-state index is -0.586. The standard InChI is InChI=1S/C23H32N4O3/c1-18(2)10-11-24-22(28)23(29)25-17-20(21-9-6-16-30-21)27-14-12-26(13-15-27)19-7-4-3-5-8-19/h3-9,16,18,20H,10-15,17H2,1-2H3,(H,24,28)(H,25,29)/p+1/t20-/m1/s1. The molecule has 30 heavy (non-hydrogen) atoms. The summed E-state index contributed by atoms with van der Waals surface area (Å²) in [6.45, 7) is 8.76. The second-order valence-electron chi connectivity index (χ2n) is 8.20. The van der Waals surface area contributed by atoms with E-state index in [1.165, 1.54) is 10.6 Å². The molecule has 7 heteroatoms. The monoisotopic (exact) mass is 413 g/mol. The zero-order chi connectivity index (χ0) is 21.3. The van der Waals surface area contributed by atoms with Crippen LogP contribution in [0.1, 0.15) is 32.1 Å². The van der Waals surface area contributed by atoms with Gasteiger partial charge in [-0.15, -0.1) is 0 Å². The molecule has 1 saturated heterocycles. The van der Waals surface area contributed by atoms with Gasteiger partial charge in [0, 0.05) is 12.2 Å². The first-order valence-electron chi connectivity index (χ1n) is 10.8. The quantitative estimate of drug-likeness (QED) is 0.565. The predicted molar refractivity (Wildman–Crippen MR) is 116 cm³/mol. The fraction of sp³-hybridized carbons (Fsp3) is 0.478. The number of quaternary nitrogens is 1. The van der Waals surface area contributed by atoms with Gasteiger partial charge in [-0.05, 0) is 36.6 Å². The number of hydrogen-bond acceptors (Lipinski definition) is 4. The van der Waals surface area contributed by atoms with Gasteiger partial charge >= 0.3 is 11.8 Å². The van der Waals surface area contributed by atoms with Crippen LogP contribution in [0.4, 0.5) is 5.69 Å². The van der Waals surface area contributed by atoms with Crippen molar-refractivity contribution >= 4 is 17.5 Å². The molecule has 1 aromatic carbocycles. The van der Waals surface area contributed by atoms with Crippen LogP contribution in [-0.2, 0) is 9.59 Å². The number of carbonyl (C=O) groups is 2. The van der Waals surface area contributed by atoms with Crippen LogP contribution in [0, 0.1) is 5.92 Å². The van der Waals surface area contributed by atoms with Gasteiger partial charge in [0.15, 0.2) is 11.8 Å². The SMILES string of the molecule is CC(C)CCNC(=O)C(=O)NC[C@H](c1ccco1)[NH+]1CCN(c2ccccc2)CC1. The van der Waals surface area contributed by atoms with Crippen LogP contribution in [0.2, 0.25) is 0 Å². The Labute approximate surface area is 178 Å². The zero-order valence-corrected chi connectivity index (χ0v) is 17.9. The van der Waals surface area contributed by atoms with Crippen LogP contribution >= 0.6 is 0 Å². The average molecular weight is 414 g/mol. The largest absolute Gasteiger partial charge is 0.463 e. The van der Waals surface area contributed by atoms with Gasteiger partial charge in [-0.25, -0.2) is 0 Å². The fourth-order valence-corrected chi connectivity index (χ4v) is 3.80. The summed E-state index contributed by atoms with van der Waals surface area (Å²) in [4.78, 5) is 28.0. The average Bonchev–Trinajstić information content (AvgIpc) is 3.29. The number of para-hydroxylation sites is 1. The van der Waals surface area contributed by atoms with Gasteiger partial charge in [0.1, 0.15) is 0 Å². The molecule has 0 saturated carbocycles. The highest BCUT2D eigenvalue weighted by Crippen LogP contribution is 2.14. The van der Waals surface area contributed by atoms with Crippen molar-refractivity contribution in [3.05, 3.63) is 54.5 Å². The van der Waals surface area contributed by atoms with Gasteiger partial charge in [0.05, 0.1) is 39.0 Å². The third-order valence-corrected chi connectivity index (χ3v) is 5.59. The maximum atomic E-state index is 12.2. The maximum Gasteiger partial charge on any atom is 0.309 e. The molecule has 0 bridgehead atoms. The molecule has 1 aliphatic rings. The molecule has 1 aromatic heterocycles. The lowest BCUT2D eigenvalue weighted by molar-refractivity contribution is -0.932. The summed E-state index contributed by atoms with van der Waals surface area (Å²) in [5, 5.41) is 5.49. The molecule has 1 atom stereocenters. The summed E-state index contributed by atoms with van der Waals surface area (Å²) in [7, 11) is 0. The zero-order valence-electron chi connectivity index (χ0n) is 17.9. The van der Waals surface area contributed by atoms with Crippen molar-refractivity contribution in [2.45, 2.75) is 26.3 Å². The van der Waals surface area contributed by atoms with Crippen molar-refractivity contribution in [1.82, 2.24) is 10.6 Å². The van der Waals surface area contributed by atoms with E-state index in [4.69, 9.17) is 4.42 Å². The number of carbonyl (C=O) groups excluding carboxylic acids is 2. The van der Waals surface area contributed by atoms with Crippen molar-refractivity contribution in [3.8, 4) is 0 Å². The van der Waals surface area contributed by atoms with E-state index in [9.17, 15) is 9.59 Å². The summed E-state index contributed by atoms with van der Waals surface area (Å²) in [6, 6.07) is 14.2. The molecule has 7 nitrogen and oxygen atoms in total. The Balaban J connectivity index is 1.54. The van der Waals surface area contributed by atoms with Gasteiger partial charge in [0.2, 0.25) is 0 Å². The molecule has 3 rings (SSSR count). The minimum Gasteiger partial charge on any atom is -0.463 e. The molecule has 2 amide bonds. The summed E-state index contributed by atoms with van der Waals surface area (Å²) in [5.41, 5.74) is 1.23. The number of amides is 2. The normalized spacial score (nSPS) is 15.8. The van der Waals surface area contributed by atoms with E-state index < -0.39 is 11.8 Å². The number of piperazine rings is 1. The lowest BCUT2D eigenvalue weighted by atomic mass is 10.1. The molecule has 2 aromatic rings. The van der Waals surface area contributed by atoms with Crippen LogP contribution in [0.25, 0.3) is 0 Å². The molecule has 0 aliphatic carbocycles. The highest BCUT2D eigenvalue weighted by Gasteiger charge is 2.31. The number of rotatable bonds is 8. The maximum absolute atomic E-state index is 12.2. The number of nitrogens with one attached hydrogen (secondary N) is 3. The lowest BCUT2D eigenvalue weighted by Crippen LogP contribution is -3.15. The summed E-state index contributed by atoms with van der Waals surface area (Å²) in [5.74, 6) is 0.156. The van der Waals surface area contributed by atoms with E-state index in [0.717, 1.165) is 38.4 Å². The smallest absolute Gasteiger partial charge is 0.309 e. The molecule has 0 radical (unpaired) electrons. The lowest BCUT2D eigenvalue weighted by Gasteiger charge is -2.37. The van der Waals surface area contributed by atoms with Gasteiger partial charge in [0.25, 0.3) is 0 Å². The minimum absolute atomic E-state index is 0.0228. The van der Waals surface area contributed by atoms with Gasteiger partial charge < -0.3 is 24.9 Å². The van der Waals surface area contributed by atoms with E-state index in [0.29, 0.717) is 19.0 Å². The number of nitrogens with zero attached hydrogens (tertiary/aromatic N) is 1. The van der Waals surface area contributed by atoms with E-state index in [1.54, 1.807) is 6.26 Å². The van der Waals surface area contributed by atoms with Crippen LogP contribution in [0.15, 0.2) is 53.1 Å². The summed E-state index contributed by atoms with van der Waals surface area (Å²) in [6.07, 6.45) is 2.51. The van der Waals surface area contributed by atoms with Crippen LogP contribution < -0.4 is 20.4 Å². The van der Waals surface area contributed by atoms with Crippen molar-refractivity contribution in [2.24, 2.45) is 5.92 Å². The molecule has 162 valence electrons. The molecule has 2 heterocycles. The molecule has 0 spiro atoms. The summed E-state index contributed by atoms with van der Waals surface area (Å²) >= 11 is 0. The molecule has 1 aliphatic heterocycles. The highest BCUT2D eigenvalue weighted by molar-refractivity contribution is 6.35. The second-order valence-corrected chi connectivity index (χ2v) is 8.20. The molecular formula is C23H33N4O3+. The summed E-state index contributed by atoms with van der Waals surface area (Å²) < 4.78 is 5.66. The number of hydrogen-bond donors (Lipinski definition) is 3. The molecular weight excluding hydrogens is 380 g/mol. The fourth-order valence-electron chi connectivity index (χ4n) is 3.80. The number of anilines is 1. The van der Waals surface area contributed by atoms with Gasteiger partial charge in [-0.1, -0.05) is 32.0 Å². The van der Waals surface area contributed by atoms with Crippen molar-refractivity contribution in [3.63, 3.8) is 0 Å². The van der Waals surface area contributed by atoms with Crippen molar-refractivity contribution in [1.29, 1.82) is 0 Å². The van der Waals surface area contributed by atoms with Gasteiger partial charge in [-0.2, -0.15) is 0 Å². The second kappa shape index (κ2) is 10.8. The van der Waals surface area contributed by atoms with E-state index in [2.05, 4.69) is 53.6 Å². The predicted octanol–water partition coefficient (Wildman–Crippen LogP) is 1.00. The van der Waals surface area contributed by atoms with E-state index in [1.807, 2.05) is 18.2 Å². The highest BCUT2D eigenvalue weighted by atomic mass is 16.3. The third-order valence-electron chi connectivity index (χ3n) is 5.59. The first-order chi connectivity index (χ1) is 14.5. The molecule has 1 fully saturated rings. The Kier molecular flexibility index (Phi) is 7.90. The Morgan fingerprint density at radius 1 is 1.03 bits per heavy atom. The number of furan rings is 1. The van der Waals surface area contributed by atoms with Crippen LogP contribution in [0.5, 0.6) is 0 Å². The Bertz CT molecular complexity index is 784. The Morgan fingerprint density at radius 2 is 1.73 bits per heavy atom. The molecule has 0 unspecified atom stereocenters. The van der Waals surface area contributed by atoms with Gasteiger partial charge in [-0.3, -0.25) is 9.59 Å². The number of benzene rings is 1. The Hall–Kier alpha value is -2.80. The van der Waals surface area contributed by atoms with E-state index in [-0.39, 0.29) is 6.04 Å². The van der Waals surface area contributed by atoms with Crippen LogP contribution in [-0.4, -0.2) is 51.1 Å². The van der Waals surface area contributed by atoms with Crippen LogP contribution in [0.3, 0.4) is 0 Å². The van der Waals surface area contributed by atoms with Crippen molar-refractivity contribution < 1.29 is 18.9 Å². The first-order valence-corrected chi connectivity index (χ1v) is 10.8. The molecule has 3 N–H and O–H groups in total. The third kappa shape index (κ3) is 6.10. The van der Waals surface area contributed by atoms with Crippen molar-refractivity contribution in [2.75, 3.05) is 44.2 Å².